The minimum atomic E-state index is -3.49. The van der Waals surface area contributed by atoms with Crippen molar-refractivity contribution in [3.8, 4) is 12.3 Å². The SMILES string of the molecule is C#CC(Cl)C(F)(F)Cl. The van der Waals surface area contributed by atoms with Crippen molar-refractivity contribution in [3.05, 3.63) is 0 Å². The predicted octanol–water partition coefficient (Wildman–Crippen LogP) is 2.06. The van der Waals surface area contributed by atoms with Gasteiger partial charge in [0, 0.05) is 0 Å². The number of halogens is 4. The van der Waals surface area contributed by atoms with E-state index in [4.69, 9.17) is 11.6 Å². The molecule has 0 aliphatic heterocycles. The topological polar surface area (TPSA) is 0 Å². The van der Waals surface area contributed by atoms with Gasteiger partial charge in [0.05, 0.1) is 0 Å². The third kappa shape index (κ3) is 2.34. The Morgan fingerprint density at radius 1 is 1.62 bits per heavy atom. The summed E-state index contributed by atoms with van der Waals surface area (Å²) in [6.45, 7) is 0. The minimum absolute atomic E-state index is 1.59. The largest absolute Gasteiger partial charge is 0.348 e. The van der Waals surface area contributed by atoms with Crippen molar-refractivity contribution in [2.75, 3.05) is 0 Å². The molecule has 1 unspecified atom stereocenters. The first-order valence-electron chi connectivity index (χ1n) is 1.65. The summed E-state index contributed by atoms with van der Waals surface area (Å²) in [4.78, 5) is 0. The molecule has 0 aromatic heterocycles. The van der Waals surface area contributed by atoms with Crippen molar-refractivity contribution >= 4 is 23.2 Å². The van der Waals surface area contributed by atoms with Crippen LogP contribution in [0.1, 0.15) is 0 Å². The van der Waals surface area contributed by atoms with Crippen molar-refractivity contribution in [2.45, 2.75) is 10.8 Å². The number of rotatable bonds is 1. The molecule has 0 bridgehead atoms. The predicted molar refractivity (Wildman–Crippen MR) is 29.3 cm³/mol. The van der Waals surface area contributed by atoms with Crippen LogP contribution in [0.25, 0.3) is 0 Å². The van der Waals surface area contributed by atoms with Gasteiger partial charge >= 0.3 is 5.38 Å². The van der Waals surface area contributed by atoms with E-state index < -0.39 is 10.8 Å². The molecule has 0 aliphatic rings. The molecule has 0 rings (SSSR count). The van der Waals surface area contributed by atoms with Crippen LogP contribution in [0.5, 0.6) is 0 Å². The Labute approximate surface area is 55.8 Å². The molecule has 0 N–H and O–H groups in total. The van der Waals surface area contributed by atoms with Crippen LogP contribution in [-0.4, -0.2) is 10.8 Å². The monoisotopic (exact) mass is 158 g/mol. The van der Waals surface area contributed by atoms with E-state index >= 15 is 0 Å². The van der Waals surface area contributed by atoms with E-state index in [9.17, 15) is 8.78 Å². The van der Waals surface area contributed by atoms with Crippen molar-refractivity contribution in [1.29, 1.82) is 0 Å². The van der Waals surface area contributed by atoms with Gasteiger partial charge in [0.25, 0.3) is 0 Å². The third-order valence-corrected chi connectivity index (χ3v) is 1.16. The molecule has 0 saturated heterocycles. The van der Waals surface area contributed by atoms with E-state index in [0.717, 1.165) is 0 Å². The molecule has 0 nitrogen and oxygen atoms in total. The maximum absolute atomic E-state index is 11.6. The second-order valence-electron chi connectivity index (χ2n) is 1.07. The lowest BCUT2D eigenvalue weighted by molar-refractivity contribution is 0.106. The van der Waals surface area contributed by atoms with Crippen LogP contribution in [0.2, 0.25) is 0 Å². The van der Waals surface area contributed by atoms with Crippen molar-refractivity contribution in [3.63, 3.8) is 0 Å². The van der Waals surface area contributed by atoms with E-state index in [1.165, 1.54) is 0 Å². The van der Waals surface area contributed by atoms with Crippen molar-refractivity contribution in [2.24, 2.45) is 0 Å². The summed E-state index contributed by atoms with van der Waals surface area (Å²) in [5.41, 5.74) is 0. The number of terminal acetylenes is 1. The van der Waals surface area contributed by atoms with Gasteiger partial charge in [0.2, 0.25) is 0 Å². The van der Waals surface area contributed by atoms with Crippen LogP contribution < -0.4 is 0 Å². The van der Waals surface area contributed by atoms with Gasteiger partial charge in [0.1, 0.15) is 0 Å². The summed E-state index contributed by atoms with van der Waals surface area (Å²) >= 11 is 9.20. The molecule has 0 aromatic rings. The summed E-state index contributed by atoms with van der Waals surface area (Å²) in [5.74, 6) is 1.59. The molecule has 0 fully saturated rings. The van der Waals surface area contributed by atoms with Crippen LogP contribution in [0.3, 0.4) is 0 Å². The fourth-order valence-corrected chi connectivity index (χ4v) is 0.157. The number of alkyl halides is 4. The fourth-order valence-electron chi connectivity index (χ4n) is 0.0945. The van der Waals surface area contributed by atoms with Gasteiger partial charge in [-0.25, -0.2) is 0 Å². The Bertz CT molecular complexity index is 110. The highest BCUT2D eigenvalue weighted by molar-refractivity contribution is 6.32. The summed E-state index contributed by atoms with van der Waals surface area (Å²) in [7, 11) is 0. The fraction of sp³-hybridized carbons (Fsp3) is 0.500. The van der Waals surface area contributed by atoms with Gasteiger partial charge in [-0.2, -0.15) is 8.78 Å². The molecule has 0 radical (unpaired) electrons. The molecule has 0 aromatic carbocycles. The van der Waals surface area contributed by atoms with Crippen molar-refractivity contribution < 1.29 is 8.78 Å². The maximum atomic E-state index is 11.6. The first-order valence-corrected chi connectivity index (χ1v) is 2.47. The van der Waals surface area contributed by atoms with Gasteiger partial charge in [-0.3, -0.25) is 0 Å². The van der Waals surface area contributed by atoms with E-state index in [2.05, 4.69) is 18.0 Å². The minimum Gasteiger partial charge on any atom is -0.185 e. The standard InChI is InChI=1S/C4H2Cl2F2/c1-2-3(5)4(6,7)8/h1,3H. The van der Waals surface area contributed by atoms with Crippen LogP contribution in [0, 0.1) is 12.3 Å². The Kier molecular flexibility index (Phi) is 2.52. The summed E-state index contributed by atoms with van der Waals surface area (Å²) in [6, 6.07) is 0. The normalized spacial score (nSPS) is 14.9. The molecular formula is C4H2Cl2F2. The summed E-state index contributed by atoms with van der Waals surface area (Å²) in [6.07, 6.45) is 4.51. The van der Waals surface area contributed by atoms with Gasteiger partial charge in [0.15, 0.2) is 5.38 Å². The zero-order valence-electron chi connectivity index (χ0n) is 3.67. The van der Waals surface area contributed by atoms with Gasteiger partial charge in [-0.1, -0.05) is 5.92 Å². The second kappa shape index (κ2) is 2.52. The average Bonchev–Trinajstić information content (AvgIpc) is 1.62. The second-order valence-corrected chi connectivity index (χ2v) is 2.01. The van der Waals surface area contributed by atoms with E-state index in [-0.39, 0.29) is 0 Å². The third-order valence-electron chi connectivity index (χ3n) is 0.434. The van der Waals surface area contributed by atoms with E-state index in [0.29, 0.717) is 0 Å². The highest BCUT2D eigenvalue weighted by Crippen LogP contribution is 2.26. The summed E-state index contributed by atoms with van der Waals surface area (Å²) in [5, 5.41) is -5.21. The Hall–Kier alpha value is -0.0000000000000000555. The molecule has 0 spiro atoms. The zero-order valence-corrected chi connectivity index (χ0v) is 5.18. The number of hydrogen-bond acceptors (Lipinski definition) is 0. The molecule has 0 saturated carbocycles. The lowest BCUT2D eigenvalue weighted by atomic mass is 10.5. The van der Waals surface area contributed by atoms with Crippen LogP contribution in [0.15, 0.2) is 0 Å². The molecule has 1 atom stereocenters. The highest BCUT2D eigenvalue weighted by atomic mass is 35.5. The Morgan fingerprint density at radius 2 is 2.00 bits per heavy atom. The Morgan fingerprint density at radius 3 is 2.00 bits per heavy atom. The van der Waals surface area contributed by atoms with Gasteiger partial charge in [-0.15, -0.1) is 18.0 Å². The molecule has 4 heteroatoms. The first-order chi connectivity index (χ1) is 3.48. The maximum Gasteiger partial charge on any atom is 0.348 e. The molecular weight excluding hydrogens is 157 g/mol. The molecule has 0 heterocycles. The van der Waals surface area contributed by atoms with Gasteiger partial charge < -0.3 is 0 Å². The zero-order chi connectivity index (χ0) is 6.78. The smallest absolute Gasteiger partial charge is 0.185 e. The van der Waals surface area contributed by atoms with Crippen LogP contribution in [0.4, 0.5) is 8.78 Å². The quantitative estimate of drug-likeness (QED) is 0.405. The van der Waals surface area contributed by atoms with E-state index in [1.54, 1.807) is 5.92 Å². The molecule has 8 heavy (non-hydrogen) atoms. The average molecular weight is 159 g/mol. The highest BCUT2D eigenvalue weighted by Gasteiger charge is 2.33. The lowest BCUT2D eigenvalue weighted by Crippen LogP contribution is -2.19. The van der Waals surface area contributed by atoms with E-state index in [1.807, 2.05) is 0 Å². The molecule has 0 amide bonds. The van der Waals surface area contributed by atoms with Crippen LogP contribution in [-0.2, 0) is 0 Å². The van der Waals surface area contributed by atoms with Gasteiger partial charge in [-0.05, 0) is 11.6 Å². The van der Waals surface area contributed by atoms with Crippen molar-refractivity contribution in [1.82, 2.24) is 0 Å². The summed E-state index contributed by atoms with van der Waals surface area (Å²) < 4.78 is 23.2. The van der Waals surface area contributed by atoms with Crippen LogP contribution >= 0.6 is 23.2 Å². The lowest BCUT2D eigenvalue weighted by Gasteiger charge is -2.06. The Balaban J connectivity index is 3.87. The first kappa shape index (κ1) is 8.00. The number of hydrogen-bond donors (Lipinski definition) is 0. The molecule has 46 valence electrons. The molecule has 0 aliphatic carbocycles.